The molecule has 1 aliphatic rings. The average Bonchev–Trinajstić information content (AvgIpc) is 2.75. The number of hydrogen-bond donors (Lipinski definition) is 1. The van der Waals surface area contributed by atoms with Crippen LogP contribution in [0.25, 0.3) is 0 Å². The molecular formula is C12H17N3O3. The number of rotatable bonds is 3. The van der Waals surface area contributed by atoms with Crippen LogP contribution in [0.3, 0.4) is 0 Å². The van der Waals surface area contributed by atoms with Crippen molar-refractivity contribution in [2.75, 3.05) is 13.1 Å². The molecule has 1 amide bonds. The van der Waals surface area contributed by atoms with Crippen molar-refractivity contribution in [1.29, 1.82) is 0 Å². The summed E-state index contributed by atoms with van der Waals surface area (Å²) in [5.74, 6) is -1.06. The predicted octanol–water partition coefficient (Wildman–Crippen LogP) is 0.515. The van der Waals surface area contributed by atoms with Crippen molar-refractivity contribution in [2.24, 2.45) is 5.92 Å². The summed E-state index contributed by atoms with van der Waals surface area (Å²) in [6.45, 7) is 3.20. The van der Waals surface area contributed by atoms with Crippen molar-refractivity contribution < 1.29 is 14.7 Å². The number of amides is 1. The molecule has 0 unspecified atom stereocenters. The Balaban J connectivity index is 1.86. The molecule has 0 bridgehead atoms. The van der Waals surface area contributed by atoms with Crippen LogP contribution >= 0.6 is 0 Å². The highest BCUT2D eigenvalue weighted by Gasteiger charge is 2.26. The van der Waals surface area contributed by atoms with Gasteiger partial charge in [-0.15, -0.1) is 0 Å². The molecule has 0 atom stereocenters. The Bertz CT molecular complexity index is 447. The van der Waals surface area contributed by atoms with Gasteiger partial charge in [0.2, 0.25) is 5.91 Å². The lowest BCUT2D eigenvalue weighted by Gasteiger charge is -2.30. The lowest BCUT2D eigenvalue weighted by molar-refractivity contribution is -0.145. The summed E-state index contributed by atoms with van der Waals surface area (Å²) in [4.78, 5) is 24.5. The fourth-order valence-electron chi connectivity index (χ4n) is 2.17. The van der Waals surface area contributed by atoms with Crippen LogP contribution in [0, 0.1) is 12.8 Å². The minimum absolute atomic E-state index is 0.00180. The van der Waals surface area contributed by atoms with Gasteiger partial charge in [-0.05, 0) is 25.3 Å². The number of nitrogens with zero attached hydrogens (tertiary/aromatic N) is 3. The number of piperidine rings is 1. The summed E-state index contributed by atoms with van der Waals surface area (Å²) in [5, 5.41) is 13.0. The molecule has 2 heterocycles. The first kappa shape index (κ1) is 12.6. The maximum absolute atomic E-state index is 12.0. The zero-order valence-corrected chi connectivity index (χ0v) is 10.4. The van der Waals surface area contributed by atoms with E-state index in [1.54, 1.807) is 15.8 Å². The van der Waals surface area contributed by atoms with E-state index in [1.807, 2.05) is 13.1 Å². The molecule has 98 valence electrons. The summed E-state index contributed by atoms with van der Waals surface area (Å²) < 4.78 is 1.61. The molecule has 1 fully saturated rings. The molecule has 1 saturated heterocycles. The summed E-state index contributed by atoms with van der Waals surface area (Å²) >= 11 is 0. The molecule has 1 N–H and O–H groups in total. The Labute approximate surface area is 105 Å². The normalized spacial score (nSPS) is 16.8. The molecule has 1 aromatic rings. The molecule has 2 rings (SSSR count). The van der Waals surface area contributed by atoms with E-state index in [2.05, 4.69) is 5.10 Å². The zero-order chi connectivity index (χ0) is 13.1. The molecule has 0 spiro atoms. The van der Waals surface area contributed by atoms with E-state index < -0.39 is 5.97 Å². The van der Waals surface area contributed by atoms with E-state index in [1.165, 1.54) is 0 Å². The standard InChI is InChI=1S/C12H17N3O3/c1-9-6-13-15(7-9)8-11(16)14-4-2-10(3-5-14)12(17)18/h6-7,10H,2-5,8H2,1H3,(H,17,18). The van der Waals surface area contributed by atoms with Crippen LogP contribution in [0.2, 0.25) is 0 Å². The maximum Gasteiger partial charge on any atom is 0.306 e. The Kier molecular flexibility index (Phi) is 3.64. The van der Waals surface area contributed by atoms with Crippen LogP contribution in [-0.2, 0) is 16.1 Å². The maximum atomic E-state index is 12.0. The quantitative estimate of drug-likeness (QED) is 0.849. The average molecular weight is 251 g/mol. The number of likely N-dealkylation sites (tertiary alicyclic amines) is 1. The zero-order valence-electron chi connectivity index (χ0n) is 10.4. The predicted molar refractivity (Wildman–Crippen MR) is 63.9 cm³/mol. The fraction of sp³-hybridized carbons (Fsp3) is 0.583. The monoisotopic (exact) mass is 251 g/mol. The molecule has 0 aromatic carbocycles. The van der Waals surface area contributed by atoms with Gasteiger partial charge in [-0.2, -0.15) is 5.10 Å². The summed E-state index contributed by atoms with van der Waals surface area (Å²) in [5.41, 5.74) is 1.02. The highest BCUT2D eigenvalue weighted by molar-refractivity contribution is 5.76. The van der Waals surface area contributed by atoms with E-state index in [0.717, 1.165) is 5.56 Å². The second kappa shape index (κ2) is 5.20. The first-order valence-electron chi connectivity index (χ1n) is 6.06. The number of carbonyl (C=O) groups excluding carboxylic acids is 1. The number of aryl methyl sites for hydroxylation is 1. The number of hydrogen-bond acceptors (Lipinski definition) is 3. The van der Waals surface area contributed by atoms with Crippen LogP contribution < -0.4 is 0 Å². The van der Waals surface area contributed by atoms with Gasteiger partial charge in [0.05, 0.1) is 12.1 Å². The van der Waals surface area contributed by atoms with E-state index in [0.29, 0.717) is 25.9 Å². The number of aromatic nitrogens is 2. The van der Waals surface area contributed by atoms with Crippen LogP contribution in [0.15, 0.2) is 12.4 Å². The molecule has 0 aliphatic carbocycles. The van der Waals surface area contributed by atoms with Gasteiger partial charge >= 0.3 is 5.97 Å². The first-order chi connectivity index (χ1) is 8.56. The number of carboxylic acid groups (broad SMARTS) is 1. The number of carbonyl (C=O) groups is 2. The number of aliphatic carboxylic acids is 1. The van der Waals surface area contributed by atoms with E-state index in [4.69, 9.17) is 5.11 Å². The minimum Gasteiger partial charge on any atom is -0.481 e. The third-order valence-corrected chi connectivity index (χ3v) is 3.26. The molecule has 1 aliphatic heterocycles. The van der Waals surface area contributed by atoms with Crippen molar-refractivity contribution in [1.82, 2.24) is 14.7 Å². The fourth-order valence-corrected chi connectivity index (χ4v) is 2.17. The third kappa shape index (κ3) is 2.88. The smallest absolute Gasteiger partial charge is 0.306 e. The largest absolute Gasteiger partial charge is 0.481 e. The molecule has 18 heavy (non-hydrogen) atoms. The Morgan fingerprint density at radius 1 is 1.44 bits per heavy atom. The SMILES string of the molecule is Cc1cnn(CC(=O)N2CCC(C(=O)O)CC2)c1. The van der Waals surface area contributed by atoms with Gasteiger partial charge in [0, 0.05) is 19.3 Å². The van der Waals surface area contributed by atoms with Crippen molar-refractivity contribution >= 4 is 11.9 Å². The van der Waals surface area contributed by atoms with E-state index in [-0.39, 0.29) is 18.4 Å². The van der Waals surface area contributed by atoms with Crippen LogP contribution in [-0.4, -0.2) is 44.8 Å². The van der Waals surface area contributed by atoms with Gasteiger partial charge in [-0.3, -0.25) is 14.3 Å². The van der Waals surface area contributed by atoms with Crippen LogP contribution in [0.1, 0.15) is 18.4 Å². The molecule has 0 radical (unpaired) electrons. The molecular weight excluding hydrogens is 234 g/mol. The van der Waals surface area contributed by atoms with Gasteiger partial charge in [-0.25, -0.2) is 0 Å². The summed E-state index contributed by atoms with van der Waals surface area (Å²) in [7, 11) is 0. The highest BCUT2D eigenvalue weighted by Crippen LogP contribution is 2.17. The van der Waals surface area contributed by atoms with Gasteiger partial charge in [-0.1, -0.05) is 0 Å². The van der Waals surface area contributed by atoms with Gasteiger partial charge in [0.1, 0.15) is 6.54 Å². The highest BCUT2D eigenvalue weighted by atomic mass is 16.4. The first-order valence-corrected chi connectivity index (χ1v) is 6.06. The van der Waals surface area contributed by atoms with Crippen LogP contribution in [0.4, 0.5) is 0 Å². The Morgan fingerprint density at radius 3 is 2.61 bits per heavy atom. The van der Waals surface area contributed by atoms with Crippen molar-refractivity contribution in [2.45, 2.75) is 26.3 Å². The topological polar surface area (TPSA) is 75.4 Å². The summed E-state index contributed by atoms with van der Waals surface area (Å²) in [6, 6.07) is 0. The summed E-state index contributed by atoms with van der Waals surface area (Å²) in [6.07, 6.45) is 4.62. The molecule has 1 aromatic heterocycles. The van der Waals surface area contributed by atoms with Crippen LogP contribution in [0.5, 0.6) is 0 Å². The number of carboxylic acids is 1. The van der Waals surface area contributed by atoms with Crippen molar-refractivity contribution in [3.05, 3.63) is 18.0 Å². The Hall–Kier alpha value is -1.85. The lowest BCUT2D eigenvalue weighted by Crippen LogP contribution is -2.41. The second-order valence-electron chi connectivity index (χ2n) is 4.71. The van der Waals surface area contributed by atoms with Gasteiger partial charge in [0.15, 0.2) is 0 Å². The van der Waals surface area contributed by atoms with Crippen molar-refractivity contribution in [3.8, 4) is 0 Å². The third-order valence-electron chi connectivity index (χ3n) is 3.26. The van der Waals surface area contributed by atoms with Gasteiger partial charge < -0.3 is 10.0 Å². The lowest BCUT2D eigenvalue weighted by atomic mass is 9.97. The van der Waals surface area contributed by atoms with E-state index in [9.17, 15) is 9.59 Å². The molecule has 6 heteroatoms. The van der Waals surface area contributed by atoms with Gasteiger partial charge in [0.25, 0.3) is 0 Å². The molecule has 0 saturated carbocycles. The Morgan fingerprint density at radius 2 is 2.11 bits per heavy atom. The van der Waals surface area contributed by atoms with E-state index >= 15 is 0 Å². The second-order valence-corrected chi connectivity index (χ2v) is 4.71. The molecule has 6 nitrogen and oxygen atoms in total. The van der Waals surface area contributed by atoms with Crippen molar-refractivity contribution in [3.63, 3.8) is 0 Å². The minimum atomic E-state index is -0.759.